The van der Waals surface area contributed by atoms with E-state index in [-0.39, 0.29) is 5.91 Å². The molecule has 1 fully saturated rings. The van der Waals surface area contributed by atoms with Gasteiger partial charge >= 0.3 is 0 Å². The lowest BCUT2D eigenvalue weighted by Crippen LogP contribution is -3.14. The smallest absolute Gasteiger partial charge is 0.264 e. The highest BCUT2D eigenvalue weighted by Gasteiger charge is 2.29. The second-order valence-corrected chi connectivity index (χ2v) is 9.27. The minimum atomic E-state index is 0.153. The molecule has 30 heavy (non-hydrogen) atoms. The molecule has 2 aliphatic heterocycles. The minimum absolute atomic E-state index is 0.153. The zero-order valence-electron chi connectivity index (χ0n) is 17.6. The van der Waals surface area contributed by atoms with E-state index in [0.717, 1.165) is 78.7 Å². The van der Waals surface area contributed by atoms with Crippen molar-refractivity contribution in [3.8, 4) is 0 Å². The summed E-state index contributed by atoms with van der Waals surface area (Å²) in [5.74, 6) is 1.11. The highest BCUT2D eigenvalue weighted by Crippen LogP contribution is 2.37. The average Bonchev–Trinajstić information content (AvgIpc) is 3.15. The zero-order chi connectivity index (χ0) is 20.7. The molecular weight excluding hydrogens is 394 g/mol. The summed E-state index contributed by atoms with van der Waals surface area (Å²) in [5.41, 5.74) is 3.81. The molecule has 0 saturated carbocycles. The molecule has 6 nitrogen and oxygen atoms in total. The number of fused-ring (bicyclic) bond motifs is 2. The first-order chi connectivity index (χ1) is 14.7. The summed E-state index contributed by atoms with van der Waals surface area (Å²) in [6.07, 6.45) is 2.66. The van der Waals surface area contributed by atoms with Gasteiger partial charge in [0.15, 0.2) is 0 Å². The number of benzene rings is 1. The number of nitrogens with zero attached hydrogens (tertiary/aromatic N) is 4. The van der Waals surface area contributed by atoms with Crippen molar-refractivity contribution in [1.29, 1.82) is 0 Å². The Hall–Kier alpha value is -2.51. The Morgan fingerprint density at radius 1 is 1.13 bits per heavy atom. The standard InChI is InChI=1S/C23H27N5OS/c1-3-26-10-12-27(13-11-26)23(29)20-16(2)19-21(24-15-25-22(19)30-20)28-9-8-17-6-4-5-7-18(17)14-28/h4-7,15H,3,8-14H2,1-2H3/p+1. The van der Waals surface area contributed by atoms with Gasteiger partial charge in [-0.25, -0.2) is 9.97 Å². The van der Waals surface area contributed by atoms with Gasteiger partial charge in [-0.2, -0.15) is 0 Å². The highest BCUT2D eigenvalue weighted by atomic mass is 32.1. The first kappa shape index (κ1) is 19.5. The molecule has 1 amide bonds. The van der Waals surface area contributed by atoms with E-state index >= 15 is 0 Å². The second-order valence-electron chi connectivity index (χ2n) is 8.27. The van der Waals surface area contributed by atoms with Gasteiger partial charge in [-0.15, -0.1) is 11.3 Å². The summed E-state index contributed by atoms with van der Waals surface area (Å²) in [6.45, 7) is 10.9. The van der Waals surface area contributed by atoms with Crippen molar-refractivity contribution in [2.45, 2.75) is 26.8 Å². The topological polar surface area (TPSA) is 53.8 Å². The van der Waals surface area contributed by atoms with Crippen molar-refractivity contribution in [2.75, 3.05) is 44.2 Å². The molecule has 0 radical (unpaired) electrons. The summed E-state index contributed by atoms with van der Waals surface area (Å²) in [7, 11) is 0. The number of quaternary nitrogens is 1. The molecule has 5 rings (SSSR count). The number of hydrogen-bond acceptors (Lipinski definition) is 5. The quantitative estimate of drug-likeness (QED) is 0.701. The fourth-order valence-electron chi connectivity index (χ4n) is 4.70. The molecule has 156 valence electrons. The number of anilines is 1. The number of likely N-dealkylation sites (N-methyl/N-ethyl adjacent to an activating group) is 1. The van der Waals surface area contributed by atoms with Crippen molar-refractivity contribution >= 4 is 33.3 Å². The van der Waals surface area contributed by atoms with Gasteiger partial charge in [-0.1, -0.05) is 24.3 Å². The predicted molar refractivity (Wildman–Crippen MR) is 120 cm³/mol. The largest absolute Gasteiger partial charge is 0.351 e. The Morgan fingerprint density at radius 3 is 2.67 bits per heavy atom. The van der Waals surface area contributed by atoms with E-state index in [4.69, 9.17) is 0 Å². The monoisotopic (exact) mass is 422 g/mol. The number of aryl methyl sites for hydroxylation is 1. The van der Waals surface area contributed by atoms with Gasteiger partial charge in [0, 0.05) is 13.1 Å². The van der Waals surface area contributed by atoms with Crippen LogP contribution in [0.3, 0.4) is 0 Å². The van der Waals surface area contributed by atoms with Crippen LogP contribution in [0, 0.1) is 6.92 Å². The average molecular weight is 423 g/mol. The Kier molecular flexibility index (Phi) is 5.16. The molecular formula is C23H28N5OS+. The van der Waals surface area contributed by atoms with Crippen LogP contribution in [0.15, 0.2) is 30.6 Å². The maximum absolute atomic E-state index is 13.3. The lowest BCUT2D eigenvalue weighted by Gasteiger charge is -2.31. The normalized spacial score (nSPS) is 17.4. The van der Waals surface area contributed by atoms with Gasteiger partial charge in [0.1, 0.15) is 17.0 Å². The number of rotatable bonds is 3. The lowest BCUT2D eigenvalue weighted by molar-refractivity contribution is -0.902. The molecule has 7 heteroatoms. The Morgan fingerprint density at radius 2 is 1.90 bits per heavy atom. The van der Waals surface area contributed by atoms with E-state index < -0.39 is 0 Å². The third kappa shape index (κ3) is 3.36. The van der Waals surface area contributed by atoms with Crippen LogP contribution < -0.4 is 9.80 Å². The van der Waals surface area contributed by atoms with Crippen LogP contribution in [0.25, 0.3) is 10.2 Å². The van der Waals surface area contributed by atoms with Crippen LogP contribution in [0.2, 0.25) is 0 Å². The molecule has 2 aromatic heterocycles. The van der Waals surface area contributed by atoms with Crippen molar-refractivity contribution < 1.29 is 9.69 Å². The van der Waals surface area contributed by atoms with Crippen molar-refractivity contribution in [2.24, 2.45) is 0 Å². The summed E-state index contributed by atoms with van der Waals surface area (Å²) in [6, 6.07) is 8.63. The van der Waals surface area contributed by atoms with E-state index in [1.807, 2.05) is 4.90 Å². The number of carbonyl (C=O) groups excluding carboxylic acids is 1. The van der Waals surface area contributed by atoms with E-state index in [1.54, 1.807) is 11.2 Å². The molecule has 4 heterocycles. The second kappa shape index (κ2) is 7.96. The fourth-order valence-corrected chi connectivity index (χ4v) is 5.81. The van der Waals surface area contributed by atoms with Gasteiger partial charge in [0.05, 0.1) is 43.0 Å². The van der Waals surface area contributed by atoms with Gasteiger partial charge in [-0.3, -0.25) is 4.79 Å². The molecule has 0 bridgehead atoms. The van der Waals surface area contributed by atoms with Crippen molar-refractivity contribution in [3.63, 3.8) is 0 Å². The van der Waals surface area contributed by atoms with Crippen LogP contribution in [-0.4, -0.2) is 60.0 Å². The first-order valence-corrected chi connectivity index (χ1v) is 11.7. The molecule has 1 saturated heterocycles. The summed E-state index contributed by atoms with van der Waals surface area (Å²) < 4.78 is 0. The number of aromatic nitrogens is 2. The maximum atomic E-state index is 13.3. The number of hydrogen-bond donors (Lipinski definition) is 1. The van der Waals surface area contributed by atoms with Crippen LogP contribution in [0.1, 0.15) is 33.3 Å². The Bertz CT molecular complexity index is 1090. The first-order valence-electron chi connectivity index (χ1n) is 10.8. The number of piperazine rings is 1. The van der Waals surface area contributed by atoms with E-state index in [1.165, 1.54) is 22.5 Å². The summed E-state index contributed by atoms with van der Waals surface area (Å²) in [4.78, 5) is 30.2. The number of amides is 1. The minimum Gasteiger partial charge on any atom is -0.351 e. The van der Waals surface area contributed by atoms with Crippen LogP contribution in [-0.2, 0) is 13.0 Å². The van der Waals surface area contributed by atoms with Crippen LogP contribution >= 0.6 is 11.3 Å². The van der Waals surface area contributed by atoms with Gasteiger partial charge in [0.25, 0.3) is 5.91 Å². The zero-order valence-corrected chi connectivity index (χ0v) is 18.5. The third-order valence-corrected chi connectivity index (χ3v) is 7.78. The maximum Gasteiger partial charge on any atom is 0.264 e. The number of carbonyl (C=O) groups is 1. The van der Waals surface area contributed by atoms with Gasteiger partial charge < -0.3 is 14.7 Å². The molecule has 0 aliphatic carbocycles. The predicted octanol–water partition coefficient (Wildman–Crippen LogP) is 1.92. The third-order valence-electron chi connectivity index (χ3n) is 6.59. The molecule has 1 aromatic carbocycles. The summed E-state index contributed by atoms with van der Waals surface area (Å²) >= 11 is 1.52. The molecule has 1 N–H and O–H groups in total. The SMILES string of the molecule is CC[NH+]1CCN(C(=O)c2sc3ncnc(N4CCc5ccccc5C4)c3c2C)CC1. The van der Waals surface area contributed by atoms with E-state index in [9.17, 15) is 4.79 Å². The fraction of sp³-hybridized carbons (Fsp3) is 0.435. The van der Waals surface area contributed by atoms with E-state index in [0.29, 0.717) is 0 Å². The molecule has 2 aliphatic rings. The van der Waals surface area contributed by atoms with Crippen molar-refractivity contribution in [1.82, 2.24) is 14.9 Å². The Labute approximate surface area is 181 Å². The Balaban J connectivity index is 1.46. The van der Waals surface area contributed by atoms with Crippen LogP contribution in [0.5, 0.6) is 0 Å². The number of nitrogens with one attached hydrogen (secondary N) is 1. The molecule has 0 spiro atoms. The molecule has 0 atom stereocenters. The lowest BCUT2D eigenvalue weighted by atomic mass is 9.99. The van der Waals surface area contributed by atoms with Crippen LogP contribution in [0.4, 0.5) is 5.82 Å². The molecule has 3 aromatic rings. The molecule has 0 unspecified atom stereocenters. The highest BCUT2D eigenvalue weighted by molar-refractivity contribution is 7.20. The number of thiophene rings is 1. The van der Waals surface area contributed by atoms with E-state index in [2.05, 4.69) is 53.0 Å². The van der Waals surface area contributed by atoms with Gasteiger partial charge in [0.2, 0.25) is 0 Å². The van der Waals surface area contributed by atoms with Crippen molar-refractivity contribution in [3.05, 3.63) is 52.2 Å². The summed E-state index contributed by atoms with van der Waals surface area (Å²) in [5, 5.41) is 1.04. The van der Waals surface area contributed by atoms with Gasteiger partial charge in [-0.05, 0) is 37.0 Å².